The average Bonchev–Trinajstić information content (AvgIpc) is 1.50. The van der Waals surface area contributed by atoms with Crippen LogP contribution in [0.15, 0.2) is 443 Å². The molecule has 0 amide bonds. The van der Waals surface area contributed by atoms with Crippen LogP contribution in [0, 0.1) is 0 Å². The summed E-state index contributed by atoms with van der Waals surface area (Å²) in [7, 11) is 0. The van der Waals surface area contributed by atoms with Crippen LogP contribution in [0.2, 0.25) is 0 Å². The molecule has 730 valence electrons. The molecule has 0 saturated heterocycles. The van der Waals surface area contributed by atoms with Crippen molar-refractivity contribution in [3.8, 4) is 50.7 Å². The number of para-hydroxylation sites is 11. The summed E-state index contributed by atoms with van der Waals surface area (Å²) in [6, 6.07) is 161. The van der Waals surface area contributed by atoms with Gasteiger partial charge in [-0.3, -0.25) is 0 Å². The standard InChI is InChI=1S/2C34H28N2.C28H24N2.2C23H21N/c1-34(2,3)23-18-19-29-27(22-23)33-31(36(29)25-14-8-5-9-15-25)21-20-30-32(33)26-16-10-11-17-28(26)35(30)24-12-6-4-7-13-24;1-34(2,3)23-17-19-25(20-18-23)36-29-16-10-8-14-27(29)33-31(36)22-21-30-32(33)26-13-7-9-15-28(26)35(30)24-11-5-4-6-12-24;1-28(2,3)30-23-16-10-8-14-21(23)27-25(30)18-17-24-26(27)20-13-7-9-15-22(20)29(24)19-11-5-4-6-12-19;2*1-23(2,3)24-19-11-7-6-10-18(19)22-20(24)13-12-16-14-15-8-4-5-9-17(15)21(16)22/h2*4-22H,1-3H3;4-18H,1-3H3;2*4-13H,14H2,1-3H3. The van der Waals surface area contributed by atoms with Crippen molar-refractivity contribution in [2.24, 2.45) is 0 Å². The molecule has 0 spiro atoms. The van der Waals surface area contributed by atoms with Gasteiger partial charge in [0.2, 0.25) is 0 Å². The van der Waals surface area contributed by atoms with Gasteiger partial charge in [0.1, 0.15) is 0 Å². The van der Waals surface area contributed by atoms with Gasteiger partial charge in [-0.25, -0.2) is 0 Å². The number of aromatic nitrogens is 8. The number of fused-ring (bicyclic) bond motifs is 35. The number of hydrogen-bond acceptors (Lipinski definition) is 0. The third-order valence-corrected chi connectivity index (χ3v) is 31.6. The first-order valence-electron chi connectivity index (χ1n) is 53.2. The minimum Gasteiger partial charge on any atom is -0.335 e. The predicted octanol–water partition coefficient (Wildman–Crippen LogP) is 38.2. The Labute approximate surface area is 875 Å². The Morgan fingerprint density at radius 1 is 0.153 bits per heavy atom. The van der Waals surface area contributed by atoms with E-state index in [1.165, 1.54) is 259 Å². The highest BCUT2D eigenvalue weighted by Crippen LogP contribution is 2.53. The molecule has 2 aliphatic rings. The van der Waals surface area contributed by atoms with Gasteiger partial charge in [0, 0.05) is 148 Å². The van der Waals surface area contributed by atoms with Crippen molar-refractivity contribution in [2.75, 3.05) is 0 Å². The molecule has 0 unspecified atom stereocenters. The highest BCUT2D eigenvalue weighted by Gasteiger charge is 2.33. The molecule has 0 radical (unpaired) electrons. The molecule has 0 atom stereocenters. The van der Waals surface area contributed by atoms with Crippen LogP contribution in [-0.4, -0.2) is 36.5 Å². The molecule has 8 heterocycles. The zero-order valence-corrected chi connectivity index (χ0v) is 88.1. The summed E-state index contributed by atoms with van der Waals surface area (Å²) in [6.45, 7) is 34.3. The first kappa shape index (κ1) is 92.6. The summed E-state index contributed by atoms with van der Waals surface area (Å²) < 4.78 is 19.5. The fourth-order valence-corrected chi connectivity index (χ4v) is 25.4. The fourth-order valence-electron chi connectivity index (χ4n) is 25.4. The summed E-state index contributed by atoms with van der Waals surface area (Å²) in [5.74, 6) is 0. The monoisotopic (exact) mass is 1940 g/mol. The molecule has 2 aliphatic carbocycles. The highest BCUT2D eigenvalue weighted by molar-refractivity contribution is 6.32. The Kier molecular flexibility index (Phi) is 21.8. The molecular formula is C142H122N8. The number of benzene rings is 20. The van der Waals surface area contributed by atoms with E-state index in [2.05, 4.69) is 583 Å². The van der Waals surface area contributed by atoms with Crippen LogP contribution in [0.25, 0.3) is 225 Å². The minimum absolute atomic E-state index is 0.00711. The molecular weight excluding hydrogens is 1820 g/mol. The average molecular weight is 1940 g/mol. The minimum atomic E-state index is -0.00711. The molecule has 150 heavy (non-hydrogen) atoms. The Balaban J connectivity index is 0.0000000955. The summed E-state index contributed by atoms with van der Waals surface area (Å²) in [4.78, 5) is 0. The van der Waals surface area contributed by atoms with Crippen molar-refractivity contribution in [1.29, 1.82) is 0 Å². The van der Waals surface area contributed by atoms with Gasteiger partial charge in [-0.15, -0.1) is 0 Å². The van der Waals surface area contributed by atoms with E-state index in [-0.39, 0.29) is 27.4 Å². The highest BCUT2D eigenvalue weighted by atomic mass is 15.1. The maximum Gasteiger partial charge on any atom is 0.0548 e. The Hall–Kier alpha value is -17.2. The van der Waals surface area contributed by atoms with Crippen LogP contribution >= 0.6 is 0 Å². The molecule has 8 heteroatoms. The topological polar surface area (TPSA) is 39.4 Å². The van der Waals surface area contributed by atoms with Crippen LogP contribution < -0.4 is 0 Å². The first-order valence-corrected chi connectivity index (χ1v) is 53.2. The van der Waals surface area contributed by atoms with Gasteiger partial charge in [0.15, 0.2) is 0 Å². The number of hydrogen-bond donors (Lipinski definition) is 0. The van der Waals surface area contributed by atoms with Crippen LogP contribution in [-0.2, 0) is 40.3 Å². The molecule has 0 saturated carbocycles. The first-order chi connectivity index (χ1) is 72.7. The van der Waals surface area contributed by atoms with Crippen molar-refractivity contribution in [3.63, 3.8) is 0 Å². The van der Waals surface area contributed by atoms with Crippen LogP contribution in [0.5, 0.6) is 0 Å². The van der Waals surface area contributed by atoms with Crippen molar-refractivity contribution < 1.29 is 0 Å². The van der Waals surface area contributed by atoms with Gasteiger partial charge in [0.25, 0.3) is 0 Å². The summed E-state index contributed by atoms with van der Waals surface area (Å²) in [6.07, 6.45) is 2.10. The zero-order chi connectivity index (χ0) is 102. The normalized spacial score (nSPS) is 12.7. The quantitative estimate of drug-likeness (QED) is 0.165. The van der Waals surface area contributed by atoms with Crippen molar-refractivity contribution in [3.05, 3.63) is 476 Å². The molecule has 28 aromatic rings. The van der Waals surface area contributed by atoms with E-state index in [1.54, 1.807) is 0 Å². The van der Waals surface area contributed by atoms with E-state index in [1.807, 2.05) is 0 Å². The van der Waals surface area contributed by atoms with E-state index in [9.17, 15) is 0 Å². The molecule has 8 aromatic heterocycles. The lowest BCUT2D eigenvalue weighted by atomic mass is 9.86. The Bertz CT molecular complexity index is 10100. The summed E-state index contributed by atoms with van der Waals surface area (Å²) in [5, 5.41) is 21.3. The third kappa shape index (κ3) is 15.0. The van der Waals surface area contributed by atoms with Crippen LogP contribution in [0.1, 0.15) is 137 Å². The largest absolute Gasteiger partial charge is 0.335 e. The summed E-state index contributed by atoms with van der Waals surface area (Å²) in [5.41, 5.74) is 40.8. The molecule has 0 aliphatic heterocycles. The lowest BCUT2D eigenvalue weighted by Crippen LogP contribution is -2.21. The Morgan fingerprint density at radius 3 is 0.673 bits per heavy atom. The van der Waals surface area contributed by atoms with Gasteiger partial charge >= 0.3 is 0 Å². The van der Waals surface area contributed by atoms with E-state index >= 15 is 0 Å². The van der Waals surface area contributed by atoms with E-state index in [0.29, 0.717) is 0 Å². The van der Waals surface area contributed by atoms with Gasteiger partial charge in [0.05, 0.1) is 71.7 Å². The van der Waals surface area contributed by atoms with Gasteiger partial charge in [-0.05, 0) is 305 Å². The Morgan fingerprint density at radius 2 is 0.367 bits per heavy atom. The molecule has 8 nitrogen and oxygen atoms in total. The van der Waals surface area contributed by atoms with Gasteiger partial charge in [-0.1, -0.05) is 321 Å². The van der Waals surface area contributed by atoms with Crippen molar-refractivity contribution in [2.45, 2.75) is 144 Å². The maximum absolute atomic E-state index is 2.50. The fraction of sp³-hybridized carbons (Fsp3) is 0.155. The number of rotatable bonds is 5. The molecule has 20 aromatic carbocycles. The number of nitrogens with zero attached hydrogens (tertiary/aromatic N) is 8. The van der Waals surface area contributed by atoms with Crippen molar-refractivity contribution in [1.82, 2.24) is 36.5 Å². The van der Waals surface area contributed by atoms with Crippen LogP contribution in [0.3, 0.4) is 0 Å². The van der Waals surface area contributed by atoms with Gasteiger partial charge in [-0.2, -0.15) is 0 Å². The molecule has 0 N–H and O–H groups in total. The second-order valence-corrected chi connectivity index (χ2v) is 46.2. The van der Waals surface area contributed by atoms with E-state index in [4.69, 9.17) is 0 Å². The third-order valence-electron chi connectivity index (χ3n) is 31.6. The van der Waals surface area contributed by atoms with Crippen molar-refractivity contribution >= 4 is 174 Å². The summed E-state index contributed by atoms with van der Waals surface area (Å²) >= 11 is 0. The molecule has 30 rings (SSSR count). The smallest absolute Gasteiger partial charge is 0.0548 e. The van der Waals surface area contributed by atoms with Crippen LogP contribution in [0.4, 0.5) is 0 Å². The van der Waals surface area contributed by atoms with E-state index < -0.39 is 0 Å². The maximum atomic E-state index is 2.50. The molecule has 0 fully saturated rings. The lowest BCUT2D eigenvalue weighted by molar-refractivity contribution is 0.423. The SMILES string of the molecule is CC(C)(C)c1ccc(-n2c3ccccc3c3c4c5ccccc5n(-c5ccccc5)c4ccc32)cc1.CC(C)(C)c1ccc2c(c1)c1c3c4ccccc4n(-c4ccccc4)c3ccc1n2-c1ccccc1.CC(C)(C)n1c2ccccc2c2c3c(ccc21)Cc1ccccc1-3.CC(C)(C)n1c2ccccc2c2c3c(ccc21)Cc1ccccc1-3.CC(C)(C)n1c2ccccc2c2c3c4ccccc4n(-c4ccccc4)c3ccc21. The molecule has 0 bridgehead atoms. The predicted molar refractivity (Wildman–Crippen MR) is 642 cm³/mol. The second kappa shape index (κ2) is 35.3. The van der Waals surface area contributed by atoms with E-state index in [0.717, 1.165) is 12.8 Å². The second-order valence-electron chi connectivity index (χ2n) is 46.2. The lowest BCUT2D eigenvalue weighted by Gasteiger charge is -2.24. The van der Waals surface area contributed by atoms with Gasteiger partial charge < -0.3 is 36.5 Å². The zero-order valence-electron chi connectivity index (χ0n) is 88.1.